The van der Waals surface area contributed by atoms with Crippen molar-refractivity contribution in [2.24, 2.45) is 5.92 Å². The third kappa shape index (κ3) is 5.81. The summed E-state index contributed by atoms with van der Waals surface area (Å²) >= 11 is 8.35. The molecule has 0 aliphatic rings. The Kier molecular flexibility index (Phi) is 6.37. The maximum absolute atomic E-state index is 11.9. The minimum absolute atomic E-state index is 0.114. The topological polar surface area (TPSA) is 84.0 Å². The standard InChI is InChI=1S/C14H15ClN4O2S2/c1-8(2)12(21)17-13-18-19-14(23-13)22-7-11(20)16-10-5-3-4-9(15)6-10/h3-6,8H,7H2,1-2H3,(H,16,20)(H,17,18,21). The molecule has 0 fully saturated rings. The first-order valence-corrected chi connectivity index (χ1v) is 8.94. The van der Waals surface area contributed by atoms with E-state index in [0.717, 1.165) is 0 Å². The van der Waals surface area contributed by atoms with Crippen LogP contribution in [-0.2, 0) is 9.59 Å². The van der Waals surface area contributed by atoms with E-state index in [1.54, 1.807) is 38.1 Å². The van der Waals surface area contributed by atoms with E-state index >= 15 is 0 Å². The van der Waals surface area contributed by atoms with Gasteiger partial charge in [-0.1, -0.05) is 54.6 Å². The Morgan fingerprint density at radius 2 is 2.09 bits per heavy atom. The largest absolute Gasteiger partial charge is 0.325 e. The number of nitrogens with one attached hydrogen (secondary N) is 2. The summed E-state index contributed by atoms with van der Waals surface area (Å²) in [5.41, 5.74) is 0.644. The van der Waals surface area contributed by atoms with Crippen LogP contribution < -0.4 is 10.6 Å². The molecule has 0 aliphatic heterocycles. The summed E-state index contributed by atoms with van der Waals surface area (Å²) in [4.78, 5) is 23.4. The second-order valence-corrected chi connectivity index (χ2v) is 7.50. The number of aromatic nitrogens is 2. The second kappa shape index (κ2) is 8.28. The molecule has 0 spiro atoms. The van der Waals surface area contributed by atoms with Gasteiger partial charge in [-0.25, -0.2) is 0 Å². The van der Waals surface area contributed by atoms with Crippen molar-refractivity contribution in [1.82, 2.24) is 10.2 Å². The van der Waals surface area contributed by atoms with E-state index in [0.29, 0.717) is 20.2 Å². The van der Waals surface area contributed by atoms with Gasteiger partial charge in [-0.05, 0) is 18.2 Å². The average Bonchev–Trinajstić information content (AvgIpc) is 2.92. The number of rotatable bonds is 6. The number of anilines is 2. The molecule has 0 saturated carbocycles. The van der Waals surface area contributed by atoms with E-state index in [-0.39, 0.29) is 23.5 Å². The van der Waals surface area contributed by atoms with Gasteiger partial charge in [0.25, 0.3) is 0 Å². The first-order chi connectivity index (χ1) is 10.9. The molecule has 0 atom stereocenters. The van der Waals surface area contributed by atoms with Gasteiger partial charge in [0.2, 0.25) is 16.9 Å². The highest BCUT2D eigenvalue weighted by Crippen LogP contribution is 2.26. The fraction of sp³-hybridized carbons (Fsp3) is 0.286. The Morgan fingerprint density at radius 1 is 1.30 bits per heavy atom. The van der Waals surface area contributed by atoms with Crippen molar-refractivity contribution in [3.63, 3.8) is 0 Å². The molecule has 6 nitrogen and oxygen atoms in total. The van der Waals surface area contributed by atoms with Crippen molar-refractivity contribution in [3.8, 4) is 0 Å². The number of nitrogens with zero attached hydrogens (tertiary/aromatic N) is 2. The zero-order chi connectivity index (χ0) is 16.8. The van der Waals surface area contributed by atoms with Crippen molar-refractivity contribution in [2.45, 2.75) is 18.2 Å². The molecule has 2 aromatic rings. The van der Waals surface area contributed by atoms with Crippen molar-refractivity contribution >= 4 is 57.3 Å². The zero-order valence-electron chi connectivity index (χ0n) is 12.5. The molecule has 0 aliphatic carbocycles. The Bertz CT molecular complexity index is 706. The Balaban J connectivity index is 1.83. The van der Waals surface area contributed by atoms with Gasteiger partial charge in [0.15, 0.2) is 4.34 Å². The van der Waals surface area contributed by atoms with Crippen molar-refractivity contribution < 1.29 is 9.59 Å². The van der Waals surface area contributed by atoms with Crippen molar-refractivity contribution in [2.75, 3.05) is 16.4 Å². The molecule has 1 aromatic heterocycles. The highest BCUT2D eigenvalue weighted by molar-refractivity contribution is 8.01. The predicted molar refractivity (Wildman–Crippen MR) is 94.2 cm³/mol. The first kappa shape index (κ1) is 17.7. The summed E-state index contributed by atoms with van der Waals surface area (Å²) < 4.78 is 0.616. The molecule has 1 aromatic carbocycles. The Morgan fingerprint density at radius 3 is 2.78 bits per heavy atom. The summed E-state index contributed by atoms with van der Waals surface area (Å²) in [5.74, 6) is -0.214. The number of amides is 2. The van der Waals surface area contributed by atoms with E-state index < -0.39 is 0 Å². The lowest BCUT2D eigenvalue weighted by Crippen LogP contribution is -2.17. The third-order valence-electron chi connectivity index (χ3n) is 2.60. The molecule has 1 heterocycles. The quantitative estimate of drug-likeness (QED) is 0.600. The van der Waals surface area contributed by atoms with Crippen LogP contribution in [0.15, 0.2) is 28.6 Å². The van der Waals surface area contributed by atoms with Gasteiger partial charge in [-0.15, -0.1) is 10.2 Å². The van der Waals surface area contributed by atoms with Crippen LogP contribution in [0, 0.1) is 5.92 Å². The minimum Gasteiger partial charge on any atom is -0.325 e. The van der Waals surface area contributed by atoms with Gasteiger partial charge in [0.1, 0.15) is 0 Å². The molecule has 2 N–H and O–H groups in total. The fourth-order valence-electron chi connectivity index (χ4n) is 1.46. The SMILES string of the molecule is CC(C)C(=O)Nc1nnc(SCC(=O)Nc2cccc(Cl)c2)s1. The number of hydrogen-bond acceptors (Lipinski definition) is 6. The maximum atomic E-state index is 11.9. The Labute approximate surface area is 147 Å². The molecular weight excluding hydrogens is 356 g/mol. The van der Waals surface area contributed by atoms with Crippen molar-refractivity contribution in [3.05, 3.63) is 29.3 Å². The zero-order valence-corrected chi connectivity index (χ0v) is 14.9. The molecule has 0 unspecified atom stereocenters. The third-order valence-corrected chi connectivity index (χ3v) is 4.80. The molecular formula is C14H15ClN4O2S2. The summed E-state index contributed by atoms with van der Waals surface area (Å²) in [7, 11) is 0. The maximum Gasteiger partial charge on any atom is 0.234 e. The number of hydrogen-bond donors (Lipinski definition) is 2. The van der Waals surface area contributed by atoms with E-state index in [9.17, 15) is 9.59 Å². The van der Waals surface area contributed by atoms with Gasteiger partial charge in [0.05, 0.1) is 5.75 Å². The van der Waals surface area contributed by atoms with E-state index in [4.69, 9.17) is 11.6 Å². The lowest BCUT2D eigenvalue weighted by molar-refractivity contribution is -0.119. The van der Waals surface area contributed by atoms with Crippen molar-refractivity contribution in [1.29, 1.82) is 0 Å². The van der Waals surface area contributed by atoms with E-state index in [1.165, 1.54) is 23.1 Å². The lowest BCUT2D eigenvalue weighted by atomic mass is 10.2. The highest BCUT2D eigenvalue weighted by atomic mass is 35.5. The van der Waals surface area contributed by atoms with Gasteiger partial charge in [-0.2, -0.15) is 0 Å². The van der Waals surface area contributed by atoms with Gasteiger partial charge in [-0.3, -0.25) is 9.59 Å². The molecule has 122 valence electrons. The number of benzene rings is 1. The first-order valence-electron chi connectivity index (χ1n) is 6.76. The van der Waals surface area contributed by atoms with Crippen LogP contribution >= 0.6 is 34.7 Å². The molecule has 23 heavy (non-hydrogen) atoms. The summed E-state index contributed by atoms with van der Waals surface area (Å²) in [6, 6.07) is 6.94. The number of carbonyl (C=O) groups excluding carboxylic acids is 2. The molecule has 0 saturated heterocycles. The summed E-state index contributed by atoms with van der Waals surface area (Å²) in [6.45, 7) is 3.60. The van der Waals surface area contributed by atoms with Crippen LogP contribution in [0.25, 0.3) is 0 Å². The second-order valence-electron chi connectivity index (χ2n) is 4.86. The van der Waals surface area contributed by atoms with Gasteiger partial charge in [0, 0.05) is 16.6 Å². The average molecular weight is 371 g/mol. The monoisotopic (exact) mass is 370 g/mol. The predicted octanol–water partition coefficient (Wildman–Crippen LogP) is 3.52. The number of thioether (sulfide) groups is 1. The van der Waals surface area contributed by atoms with E-state index in [2.05, 4.69) is 20.8 Å². The lowest BCUT2D eigenvalue weighted by Gasteiger charge is -2.04. The van der Waals surface area contributed by atoms with Crippen LogP contribution in [0.1, 0.15) is 13.8 Å². The van der Waals surface area contributed by atoms with E-state index in [1.807, 2.05) is 0 Å². The van der Waals surface area contributed by atoms with Crippen LogP contribution in [0.3, 0.4) is 0 Å². The fourth-order valence-corrected chi connectivity index (χ4v) is 3.20. The molecule has 0 radical (unpaired) electrons. The highest BCUT2D eigenvalue weighted by Gasteiger charge is 2.12. The minimum atomic E-state index is -0.166. The number of carbonyl (C=O) groups is 2. The molecule has 9 heteroatoms. The smallest absolute Gasteiger partial charge is 0.234 e. The van der Waals surface area contributed by atoms with Crippen LogP contribution in [0.2, 0.25) is 5.02 Å². The number of halogens is 1. The van der Waals surface area contributed by atoms with Gasteiger partial charge < -0.3 is 10.6 Å². The summed E-state index contributed by atoms with van der Waals surface area (Å²) in [6.07, 6.45) is 0. The normalized spacial score (nSPS) is 10.6. The van der Waals surface area contributed by atoms with Crippen LogP contribution in [-0.4, -0.2) is 27.8 Å². The van der Waals surface area contributed by atoms with Gasteiger partial charge >= 0.3 is 0 Å². The molecule has 2 rings (SSSR count). The Hall–Kier alpha value is -1.64. The summed E-state index contributed by atoms with van der Waals surface area (Å²) in [5, 5.41) is 14.2. The molecule has 0 bridgehead atoms. The van der Waals surface area contributed by atoms with Crippen LogP contribution in [0.5, 0.6) is 0 Å². The van der Waals surface area contributed by atoms with Crippen LogP contribution in [0.4, 0.5) is 10.8 Å². The molecule has 2 amide bonds.